The standard InChI is InChI=1S/C12H17O2/c1-3-10(2)11-6-4-5-7-12(11)14-9-8-13/h4-7,10H,3,8-9H2,1-2H3/q-1. The second-order valence-corrected chi connectivity index (χ2v) is 3.40. The van der Waals surface area contributed by atoms with Crippen LogP contribution in [0.5, 0.6) is 5.75 Å². The predicted molar refractivity (Wildman–Crippen MR) is 55.5 cm³/mol. The molecule has 2 nitrogen and oxygen atoms in total. The Morgan fingerprint density at radius 3 is 2.71 bits per heavy atom. The highest BCUT2D eigenvalue weighted by molar-refractivity contribution is 5.35. The first-order chi connectivity index (χ1) is 6.79. The molecule has 2 heteroatoms. The lowest BCUT2D eigenvalue weighted by Crippen LogP contribution is -2.15. The smallest absolute Gasteiger partial charge is 0.122 e. The number of hydrogen-bond donors (Lipinski definition) is 0. The van der Waals surface area contributed by atoms with Crippen molar-refractivity contribution in [1.29, 1.82) is 0 Å². The molecule has 0 fully saturated rings. The van der Waals surface area contributed by atoms with Crippen LogP contribution >= 0.6 is 0 Å². The molecule has 0 spiro atoms. The molecule has 1 rings (SSSR count). The van der Waals surface area contributed by atoms with Crippen molar-refractivity contribution >= 4 is 0 Å². The molecule has 78 valence electrons. The largest absolute Gasteiger partial charge is 0.852 e. The van der Waals surface area contributed by atoms with Gasteiger partial charge in [-0.3, -0.25) is 0 Å². The quantitative estimate of drug-likeness (QED) is 0.715. The van der Waals surface area contributed by atoms with Crippen molar-refractivity contribution in [2.75, 3.05) is 13.2 Å². The Bertz CT molecular complexity index is 271. The van der Waals surface area contributed by atoms with E-state index in [1.807, 2.05) is 18.2 Å². The Kier molecular flexibility index (Phi) is 4.47. The van der Waals surface area contributed by atoms with Crippen molar-refractivity contribution in [1.82, 2.24) is 0 Å². The van der Waals surface area contributed by atoms with E-state index in [1.165, 1.54) is 5.56 Å². The molecule has 0 heterocycles. The number of para-hydroxylation sites is 1. The maximum Gasteiger partial charge on any atom is 0.122 e. The molecule has 1 atom stereocenters. The fourth-order valence-corrected chi connectivity index (χ4v) is 1.39. The maximum atomic E-state index is 10.3. The van der Waals surface area contributed by atoms with Crippen molar-refractivity contribution in [3.8, 4) is 5.75 Å². The predicted octanol–water partition coefficient (Wildman–Crippen LogP) is 1.94. The monoisotopic (exact) mass is 193 g/mol. The molecule has 0 amide bonds. The number of ether oxygens (including phenoxy) is 1. The summed E-state index contributed by atoms with van der Waals surface area (Å²) in [4.78, 5) is 0. The van der Waals surface area contributed by atoms with Crippen LogP contribution in [0, 0.1) is 0 Å². The Labute approximate surface area is 85.5 Å². The minimum atomic E-state index is -0.186. The van der Waals surface area contributed by atoms with Crippen molar-refractivity contribution in [3.63, 3.8) is 0 Å². The fraction of sp³-hybridized carbons (Fsp3) is 0.500. The molecule has 1 aromatic carbocycles. The lowest BCUT2D eigenvalue weighted by Gasteiger charge is -2.16. The third-order valence-corrected chi connectivity index (χ3v) is 2.40. The summed E-state index contributed by atoms with van der Waals surface area (Å²) in [5.41, 5.74) is 1.20. The molecule has 0 saturated heterocycles. The van der Waals surface area contributed by atoms with Gasteiger partial charge in [0.05, 0.1) is 6.61 Å². The second-order valence-electron chi connectivity index (χ2n) is 3.40. The van der Waals surface area contributed by atoms with Crippen LogP contribution in [0.2, 0.25) is 0 Å². The maximum absolute atomic E-state index is 10.3. The highest BCUT2D eigenvalue weighted by Crippen LogP contribution is 2.28. The highest BCUT2D eigenvalue weighted by Gasteiger charge is 2.08. The summed E-state index contributed by atoms with van der Waals surface area (Å²) in [5, 5.41) is 10.3. The summed E-state index contributed by atoms with van der Waals surface area (Å²) in [6.45, 7) is 4.39. The normalized spacial score (nSPS) is 12.5. The van der Waals surface area contributed by atoms with Gasteiger partial charge in [0.1, 0.15) is 5.75 Å². The van der Waals surface area contributed by atoms with Crippen LogP contribution in [0.1, 0.15) is 31.7 Å². The molecule has 14 heavy (non-hydrogen) atoms. The van der Waals surface area contributed by atoms with Gasteiger partial charge in [0.2, 0.25) is 0 Å². The minimum absolute atomic E-state index is 0.186. The van der Waals surface area contributed by atoms with Crippen LogP contribution in [0.15, 0.2) is 24.3 Å². The van der Waals surface area contributed by atoms with Crippen LogP contribution in [0.3, 0.4) is 0 Å². The lowest BCUT2D eigenvalue weighted by atomic mass is 9.98. The van der Waals surface area contributed by atoms with E-state index < -0.39 is 0 Å². The van der Waals surface area contributed by atoms with Gasteiger partial charge in [-0.2, -0.15) is 0 Å². The second kappa shape index (κ2) is 5.66. The Balaban J connectivity index is 2.79. The van der Waals surface area contributed by atoms with Gasteiger partial charge in [0.25, 0.3) is 0 Å². The molecule has 0 aliphatic carbocycles. The first-order valence-corrected chi connectivity index (χ1v) is 5.09. The zero-order valence-electron chi connectivity index (χ0n) is 8.82. The van der Waals surface area contributed by atoms with Crippen molar-refractivity contribution < 1.29 is 9.84 Å². The summed E-state index contributed by atoms with van der Waals surface area (Å²) in [6, 6.07) is 7.93. The molecule has 0 aliphatic heterocycles. The molecule has 1 aromatic rings. The van der Waals surface area contributed by atoms with E-state index in [2.05, 4.69) is 19.9 Å². The van der Waals surface area contributed by atoms with E-state index >= 15 is 0 Å². The first-order valence-electron chi connectivity index (χ1n) is 5.09. The van der Waals surface area contributed by atoms with E-state index in [4.69, 9.17) is 4.74 Å². The minimum Gasteiger partial charge on any atom is -0.852 e. The Hall–Kier alpha value is -1.02. The van der Waals surface area contributed by atoms with Crippen molar-refractivity contribution in [2.45, 2.75) is 26.2 Å². The summed E-state index contributed by atoms with van der Waals surface area (Å²) < 4.78 is 5.40. The van der Waals surface area contributed by atoms with E-state index in [0.29, 0.717) is 5.92 Å². The molecule has 0 saturated carbocycles. The number of hydrogen-bond acceptors (Lipinski definition) is 2. The molecule has 0 N–H and O–H groups in total. The van der Waals surface area contributed by atoms with Gasteiger partial charge >= 0.3 is 0 Å². The molecule has 0 aromatic heterocycles. The topological polar surface area (TPSA) is 32.3 Å². The number of rotatable bonds is 5. The number of benzene rings is 1. The van der Waals surface area contributed by atoms with E-state index in [-0.39, 0.29) is 13.2 Å². The molecule has 0 bridgehead atoms. The molecular weight excluding hydrogens is 176 g/mol. The highest BCUT2D eigenvalue weighted by atomic mass is 16.5. The summed E-state index contributed by atoms with van der Waals surface area (Å²) in [7, 11) is 0. The van der Waals surface area contributed by atoms with Gasteiger partial charge in [-0.05, 0) is 24.0 Å². The summed E-state index contributed by atoms with van der Waals surface area (Å²) >= 11 is 0. The summed E-state index contributed by atoms with van der Waals surface area (Å²) in [6.07, 6.45) is 1.08. The SMILES string of the molecule is CCC(C)c1ccccc1OCC[O-]. The van der Waals surface area contributed by atoms with E-state index in [1.54, 1.807) is 0 Å². The van der Waals surface area contributed by atoms with Crippen LogP contribution in [-0.2, 0) is 0 Å². The third-order valence-electron chi connectivity index (χ3n) is 2.40. The zero-order chi connectivity index (χ0) is 10.4. The van der Waals surface area contributed by atoms with E-state index in [9.17, 15) is 5.11 Å². The van der Waals surface area contributed by atoms with Crippen LogP contribution < -0.4 is 9.84 Å². The Morgan fingerprint density at radius 1 is 1.36 bits per heavy atom. The summed E-state index contributed by atoms with van der Waals surface area (Å²) in [5.74, 6) is 1.34. The average molecular weight is 193 g/mol. The van der Waals surface area contributed by atoms with Gasteiger partial charge in [0, 0.05) is 0 Å². The van der Waals surface area contributed by atoms with Crippen molar-refractivity contribution in [3.05, 3.63) is 29.8 Å². The van der Waals surface area contributed by atoms with Gasteiger partial charge in [-0.25, -0.2) is 0 Å². The van der Waals surface area contributed by atoms with Gasteiger partial charge in [-0.1, -0.05) is 32.0 Å². The fourth-order valence-electron chi connectivity index (χ4n) is 1.39. The average Bonchev–Trinajstić information content (AvgIpc) is 2.25. The van der Waals surface area contributed by atoms with Crippen molar-refractivity contribution in [2.24, 2.45) is 0 Å². The van der Waals surface area contributed by atoms with Gasteiger partial charge in [-0.15, -0.1) is 6.61 Å². The molecule has 0 aliphatic rings. The molecule has 1 unspecified atom stereocenters. The van der Waals surface area contributed by atoms with Crippen LogP contribution in [0.25, 0.3) is 0 Å². The van der Waals surface area contributed by atoms with Gasteiger partial charge < -0.3 is 9.84 Å². The first kappa shape index (κ1) is 11.1. The zero-order valence-corrected chi connectivity index (χ0v) is 8.82. The lowest BCUT2D eigenvalue weighted by molar-refractivity contribution is -0.370. The third kappa shape index (κ3) is 2.74. The molecule has 0 radical (unpaired) electrons. The van der Waals surface area contributed by atoms with E-state index in [0.717, 1.165) is 12.2 Å². The Morgan fingerprint density at radius 2 is 2.07 bits per heavy atom. The van der Waals surface area contributed by atoms with Gasteiger partial charge in [0.15, 0.2) is 0 Å². The molecular formula is C12H17O2-. The van der Waals surface area contributed by atoms with Crippen LogP contribution in [-0.4, -0.2) is 13.2 Å². The van der Waals surface area contributed by atoms with Crippen LogP contribution in [0.4, 0.5) is 0 Å².